The van der Waals surface area contributed by atoms with Gasteiger partial charge in [0.2, 0.25) is 12.5 Å². The first-order valence-electron chi connectivity index (χ1n) is 9.00. The molecule has 30 heavy (non-hydrogen) atoms. The molecule has 0 spiro atoms. The van der Waals surface area contributed by atoms with E-state index in [4.69, 9.17) is 28.4 Å². The van der Waals surface area contributed by atoms with Gasteiger partial charge in [0, 0.05) is 17.5 Å². The number of methoxy groups -OCH3 is 3. The maximum Gasteiger partial charge on any atom is 0.338 e. The second-order valence-corrected chi connectivity index (χ2v) is 6.59. The van der Waals surface area contributed by atoms with Crippen LogP contribution in [0.25, 0.3) is 0 Å². The molecule has 9 nitrogen and oxygen atoms in total. The van der Waals surface area contributed by atoms with Gasteiger partial charge < -0.3 is 38.6 Å². The number of ether oxygens (including phenoxy) is 6. The molecule has 0 aliphatic carbocycles. The number of hydrogen-bond acceptors (Lipinski definition) is 9. The lowest BCUT2D eigenvalue weighted by atomic mass is 9.83. The number of phenolic OH excluding ortho intramolecular Hbond substituents is 1. The van der Waals surface area contributed by atoms with Crippen molar-refractivity contribution in [1.82, 2.24) is 0 Å². The Labute approximate surface area is 172 Å². The van der Waals surface area contributed by atoms with Crippen molar-refractivity contribution in [2.45, 2.75) is 5.92 Å². The number of fused-ring (bicyclic) bond motifs is 1. The average molecular weight is 416 g/mol. The van der Waals surface area contributed by atoms with Gasteiger partial charge in [0.15, 0.2) is 23.0 Å². The summed E-state index contributed by atoms with van der Waals surface area (Å²) in [6.45, 7) is -0.233. The van der Waals surface area contributed by atoms with E-state index in [1.54, 1.807) is 18.2 Å². The fourth-order valence-corrected chi connectivity index (χ4v) is 3.64. The van der Waals surface area contributed by atoms with Crippen LogP contribution >= 0.6 is 0 Å². The SMILES string of the molecule is COc1cc([C@@H](C2=C(O)COC2=O)c2cc3c(cc2O)OCO3)cc(OC)c1OC. The number of esters is 1. The van der Waals surface area contributed by atoms with Crippen LogP contribution in [0.1, 0.15) is 17.0 Å². The Morgan fingerprint density at radius 2 is 1.53 bits per heavy atom. The molecule has 2 aliphatic rings. The number of cyclic esters (lactones) is 1. The van der Waals surface area contributed by atoms with E-state index >= 15 is 0 Å². The van der Waals surface area contributed by atoms with Crippen LogP contribution in [0.15, 0.2) is 35.6 Å². The van der Waals surface area contributed by atoms with Gasteiger partial charge in [0.1, 0.15) is 18.1 Å². The topological polar surface area (TPSA) is 113 Å². The lowest BCUT2D eigenvalue weighted by molar-refractivity contribution is -0.136. The summed E-state index contributed by atoms with van der Waals surface area (Å²) >= 11 is 0. The third kappa shape index (κ3) is 3.08. The van der Waals surface area contributed by atoms with Gasteiger partial charge in [-0.3, -0.25) is 0 Å². The second kappa shape index (κ2) is 7.58. The molecule has 2 heterocycles. The van der Waals surface area contributed by atoms with E-state index in [1.165, 1.54) is 27.4 Å². The Kier molecular flexibility index (Phi) is 4.94. The van der Waals surface area contributed by atoms with Crippen molar-refractivity contribution in [3.8, 4) is 34.5 Å². The number of benzene rings is 2. The molecule has 2 aliphatic heterocycles. The van der Waals surface area contributed by atoms with E-state index in [0.29, 0.717) is 39.9 Å². The molecule has 0 saturated heterocycles. The molecule has 9 heteroatoms. The Morgan fingerprint density at radius 3 is 2.07 bits per heavy atom. The normalized spacial score (nSPS) is 15.8. The molecular formula is C21H20O9. The summed E-state index contributed by atoms with van der Waals surface area (Å²) in [5, 5.41) is 21.1. The molecule has 0 unspecified atom stereocenters. The predicted molar refractivity (Wildman–Crippen MR) is 103 cm³/mol. The van der Waals surface area contributed by atoms with Crippen molar-refractivity contribution in [2.24, 2.45) is 0 Å². The lowest BCUT2D eigenvalue weighted by Gasteiger charge is -2.22. The molecule has 158 valence electrons. The van der Waals surface area contributed by atoms with Crippen molar-refractivity contribution >= 4 is 5.97 Å². The Balaban J connectivity index is 1.97. The Hall–Kier alpha value is -3.75. The molecule has 1 atom stereocenters. The highest BCUT2D eigenvalue weighted by Crippen LogP contribution is 2.48. The molecule has 2 N–H and O–H groups in total. The van der Waals surface area contributed by atoms with E-state index in [9.17, 15) is 15.0 Å². The number of aliphatic hydroxyl groups excluding tert-OH is 1. The standard InChI is InChI=1S/C21H20O9/c1-25-16-4-10(5-17(26-2)20(16)27-3)18(19-13(23)8-28-21(19)24)11-6-14-15(7-12(11)22)30-9-29-14/h4-7,18,22-23H,8-9H2,1-3H3/t18-/m1/s1. The van der Waals surface area contributed by atoms with Crippen LogP contribution in [-0.2, 0) is 9.53 Å². The number of phenols is 1. The summed E-state index contributed by atoms with van der Waals surface area (Å²) in [4.78, 5) is 12.5. The highest BCUT2D eigenvalue weighted by Gasteiger charge is 2.37. The maximum atomic E-state index is 12.5. The van der Waals surface area contributed by atoms with Crippen molar-refractivity contribution in [3.63, 3.8) is 0 Å². The highest BCUT2D eigenvalue weighted by molar-refractivity contribution is 5.94. The number of hydrogen-bond donors (Lipinski definition) is 2. The third-order valence-electron chi connectivity index (χ3n) is 5.01. The fourth-order valence-electron chi connectivity index (χ4n) is 3.64. The predicted octanol–water partition coefficient (Wildman–Crippen LogP) is 2.65. The van der Waals surface area contributed by atoms with Crippen molar-refractivity contribution in [3.05, 3.63) is 46.7 Å². The molecule has 2 aromatic rings. The summed E-state index contributed by atoms with van der Waals surface area (Å²) in [6, 6.07) is 6.25. The zero-order valence-electron chi connectivity index (χ0n) is 16.6. The zero-order valence-corrected chi connectivity index (χ0v) is 16.6. The molecule has 0 bridgehead atoms. The van der Waals surface area contributed by atoms with E-state index < -0.39 is 11.9 Å². The molecule has 0 saturated carbocycles. The van der Waals surface area contributed by atoms with Crippen molar-refractivity contribution < 1.29 is 43.4 Å². The highest BCUT2D eigenvalue weighted by atomic mass is 16.7. The summed E-state index contributed by atoms with van der Waals surface area (Å²) in [5.41, 5.74) is 0.812. The number of rotatable bonds is 6. The number of carbonyl (C=O) groups excluding carboxylic acids is 1. The van der Waals surface area contributed by atoms with Gasteiger partial charge >= 0.3 is 5.97 Å². The van der Waals surface area contributed by atoms with Gasteiger partial charge in [-0.2, -0.15) is 0 Å². The molecule has 0 aromatic heterocycles. The zero-order chi connectivity index (χ0) is 21.4. The van der Waals surface area contributed by atoms with E-state index in [2.05, 4.69) is 0 Å². The lowest BCUT2D eigenvalue weighted by Crippen LogP contribution is -2.13. The van der Waals surface area contributed by atoms with Gasteiger partial charge in [0.25, 0.3) is 0 Å². The first kappa shape index (κ1) is 19.6. The fraction of sp³-hybridized carbons (Fsp3) is 0.286. The molecule has 0 fully saturated rings. The van der Waals surface area contributed by atoms with Crippen LogP contribution in [0.3, 0.4) is 0 Å². The smallest absolute Gasteiger partial charge is 0.338 e. The van der Waals surface area contributed by atoms with Crippen molar-refractivity contribution in [2.75, 3.05) is 34.7 Å². The molecule has 4 rings (SSSR count). The van der Waals surface area contributed by atoms with Crippen LogP contribution in [0.5, 0.6) is 34.5 Å². The minimum Gasteiger partial charge on any atom is -0.508 e. The monoisotopic (exact) mass is 416 g/mol. The van der Waals surface area contributed by atoms with E-state index in [1.807, 2.05) is 0 Å². The van der Waals surface area contributed by atoms with Crippen LogP contribution in [0, 0.1) is 0 Å². The molecule has 2 aromatic carbocycles. The number of carbonyl (C=O) groups is 1. The largest absolute Gasteiger partial charge is 0.508 e. The molecule has 0 amide bonds. The number of aromatic hydroxyl groups is 1. The van der Waals surface area contributed by atoms with E-state index in [-0.39, 0.29) is 30.5 Å². The summed E-state index contributed by atoms with van der Waals surface area (Å²) in [7, 11) is 4.41. The Morgan fingerprint density at radius 1 is 0.900 bits per heavy atom. The van der Waals surface area contributed by atoms with Crippen LogP contribution in [0.4, 0.5) is 0 Å². The summed E-state index contributed by atoms with van der Waals surface area (Å²) in [6.07, 6.45) is 0. The van der Waals surface area contributed by atoms with Gasteiger partial charge in [-0.25, -0.2) is 4.79 Å². The van der Waals surface area contributed by atoms with Gasteiger partial charge in [-0.15, -0.1) is 0 Å². The minimum absolute atomic E-state index is 0.00145. The van der Waals surface area contributed by atoms with Crippen LogP contribution in [-0.4, -0.2) is 50.9 Å². The van der Waals surface area contributed by atoms with Crippen LogP contribution in [0.2, 0.25) is 0 Å². The quantitative estimate of drug-likeness (QED) is 0.686. The first-order chi connectivity index (χ1) is 14.5. The van der Waals surface area contributed by atoms with Crippen LogP contribution < -0.4 is 23.7 Å². The summed E-state index contributed by atoms with van der Waals surface area (Å²) < 4.78 is 31.9. The van der Waals surface area contributed by atoms with Gasteiger partial charge in [0.05, 0.1) is 26.9 Å². The first-order valence-corrected chi connectivity index (χ1v) is 9.00. The molecule has 0 radical (unpaired) electrons. The third-order valence-corrected chi connectivity index (χ3v) is 5.01. The maximum absolute atomic E-state index is 12.5. The summed E-state index contributed by atoms with van der Waals surface area (Å²) in [5.74, 6) is -0.101. The van der Waals surface area contributed by atoms with E-state index in [0.717, 1.165) is 0 Å². The number of aliphatic hydroxyl groups is 1. The minimum atomic E-state index is -0.900. The van der Waals surface area contributed by atoms with Gasteiger partial charge in [-0.05, 0) is 23.8 Å². The second-order valence-electron chi connectivity index (χ2n) is 6.59. The Bertz CT molecular complexity index is 1020. The van der Waals surface area contributed by atoms with Gasteiger partial charge in [-0.1, -0.05) is 0 Å². The molecular weight excluding hydrogens is 396 g/mol. The van der Waals surface area contributed by atoms with Crippen molar-refractivity contribution in [1.29, 1.82) is 0 Å². The average Bonchev–Trinajstić information content (AvgIpc) is 3.33.